The molecular weight excluding hydrogens is 508 g/mol. The largest absolute Gasteiger partial charge is 0.504 e. The summed E-state index contributed by atoms with van der Waals surface area (Å²) in [7, 11) is 1.43. The molecule has 0 atom stereocenters. The van der Waals surface area contributed by atoms with Crippen LogP contribution in [-0.2, 0) is 4.79 Å². The number of phenols is 1. The van der Waals surface area contributed by atoms with Gasteiger partial charge in [-0.15, -0.1) is 0 Å². The van der Waals surface area contributed by atoms with Crippen LogP contribution in [0.25, 0.3) is 6.08 Å². The number of primary amides is 1. The number of nitrogens with two attached hydrogens (primary N) is 1. The molecule has 1 amide bonds. The number of nitrogens with zero attached hydrogens (tertiary/aromatic N) is 3. The van der Waals surface area contributed by atoms with Crippen molar-refractivity contribution in [2.45, 2.75) is 0 Å². The highest BCUT2D eigenvalue weighted by Crippen LogP contribution is 2.26. The van der Waals surface area contributed by atoms with Crippen LogP contribution in [0, 0.1) is 20.2 Å². The Morgan fingerprint density at radius 3 is 1.87 bits per heavy atom. The second kappa shape index (κ2) is 14.5. The lowest BCUT2D eigenvalue weighted by Crippen LogP contribution is -2.10. The molecule has 15 heteroatoms. The first-order chi connectivity index (χ1) is 17.8. The number of nitro benzene ring substituents is 2. The number of nitro groups is 2. The van der Waals surface area contributed by atoms with Crippen LogP contribution < -0.4 is 10.5 Å². The number of methoxy groups -OCH3 is 1. The van der Waals surface area contributed by atoms with E-state index in [1.807, 2.05) is 0 Å². The van der Waals surface area contributed by atoms with E-state index < -0.39 is 44.6 Å². The Morgan fingerprint density at radius 2 is 1.47 bits per heavy atom. The molecule has 0 saturated heterocycles. The maximum Gasteiger partial charge on any atom is 0.336 e. The minimum Gasteiger partial charge on any atom is -0.504 e. The van der Waals surface area contributed by atoms with Gasteiger partial charge in [0.05, 0.1) is 28.6 Å². The summed E-state index contributed by atoms with van der Waals surface area (Å²) in [6.07, 6.45) is 5.50. The standard InChI is InChI=1S/C10H10O4.C7H4N2O6.C6H6N2O/c1-14-9-6-7(2-4-8(9)11)3-5-10(12)13;10-7(11)4-1-5(8(12)13)3-6(2-4)9(14)15;7-6(9)5-1-3-8-4-2-5/h2-6,11H,1H3,(H,12,13);1-3H,(H,10,11);1-4H,(H2,7,9). The van der Waals surface area contributed by atoms with E-state index in [9.17, 15) is 39.7 Å². The number of carbonyl (C=O) groups excluding carboxylic acids is 1. The number of aromatic carboxylic acids is 1. The Hall–Kier alpha value is -5.86. The average molecular weight is 528 g/mol. The molecular formula is C23H20N4O11. The zero-order valence-corrected chi connectivity index (χ0v) is 19.5. The fourth-order valence-corrected chi connectivity index (χ4v) is 2.41. The topological polar surface area (TPSA) is 246 Å². The molecule has 3 rings (SSSR count). The molecule has 15 nitrogen and oxygen atoms in total. The lowest BCUT2D eigenvalue weighted by molar-refractivity contribution is -0.394. The number of aliphatic carboxylic acids is 1. The highest BCUT2D eigenvalue weighted by Gasteiger charge is 2.19. The fourth-order valence-electron chi connectivity index (χ4n) is 2.41. The minimum absolute atomic E-state index is 0.0278. The Balaban J connectivity index is 0.000000294. The Kier molecular flexibility index (Phi) is 11.5. The summed E-state index contributed by atoms with van der Waals surface area (Å²) >= 11 is 0. The molecule has 0 aliphatic carbocycles. The van der Waals surface area contributed by atoms with Crippen LogP contribution in [0.2, 0.25) is 0 Å². The van der Waals surface area contributed by atoms with Gasteiger partial charge in [0.25, 0.3) is 11.4 Å². The van der Waals surface area contributed by atoms with Crippen LogP contribution in [0.5, 0.6) is 11.5 Å². The Bertz CT molecular complexity index is 1280. The van der Waals surface area contributed by atoms with E-state index >= 15 is 0 Å². The van der Waals surface area contributed by atoms with Crippen molar-refractivity contribution < 1.29 is 44.3 Å². The molecule has 198 valence electrons. The third-order valence-corrected chi connectivity index (χ3v) is 4.16. The SMILES string of the molecule is COc1cc(C=CC(=O)O)ccc1O.NC(=O)c1ccncc1.O=C(O)c1cc([N+](=O)[O-])cc([N+](=O)[O-])c1. The second-order valence-corrected chi connectivity index (χ2v) is 6.76. The first kappa shape index (κ1) is 30.2. The van der Waals surface area contributed by atoms with Crippen molar-refractivity contribution in [1.82, 2.24) is 4.98 Å². The van der Waals surface area contributed by atoms with Crippen LogP contribution in [0.1, 0.15) is 26.3 Å². The van der Waals surface area contributed by atoms with E-state index in [4.69, 9.17) is 20.7 Å². The van der Waals surface area contributed by atoms with Crippen molar-refractivity contribution in [3.05, 3.63) is 104 Å². The summed E-state index contributed by atoms with van der Waals surface area (Å²) in [4.78, 5) is 53.7. The number of rotatable bonds is 7. The number of aromatic hydroxyl groups is 1. The summed E-state index contributed by atoms with van der Waals surface area (Å²) in [5, 5.41) is 46.9. The number of benzene rings is 2. The predicted octanol–water partition coefficient (Wildman–Crippen LogP) is 2.88. The van der Waals surface area contributed by atoms with Crippen LogP contribution in [0.4, 0.5) is 11.4 Å². The maximum absolute atomic E-state index is 10.5. The normalized spacial score (nSPS) is 9.71. The van der Waals surface area contributed by atoms with Gasteiger partial charge in [0.2, 0.25) is 5.91 Å². The molecule has 0 saturated carbocycles. The van der Waals surface area contributed by atoms with Gasteiger partial charge in [0, 0.05) is 36.2 Å². The van der Waals surface area contributed by atoms with E-state index in [1.165, 1.54) is 31.6 Å². The first-order valence-corrected chi connectivity index (χ1v) is 10.0. The Morgan fingerprint density at radius 1 is 0.921 bits per heavy atom. The number of aromatic nitrogens is 1. The summed E-state index contributed by atoms with van der Waals surface area (Å²) in [5.74, 6) is -2.55. The monoisotopic (exact) mass is 528 g/mol. The van der Waals surface area contributed by atoms with Crippen molar-refractivity contribution in [3.63, 3.8) is 0 Å². The van der Waals surface area contributed by atoms with Crippen molar-refractivity contribution in [1.29, 1.82) is 0 Å². The molecule has 2 aromatic carbocycles. The van der Waals surface area contributed by atoms with Crippen LogP contribution in [-0.4, -0.2) is 55.1 Å². The molecule has 3 aromatic rings. The molecule has 38 heavy (non-hydrogen) atoms. The quantitative estimate of drug-likeness (QED) is 0.196. The van der Waals surface area contributed by atoms with Gasteiger partial charge in [-0.25, -0.2) is 9.59 Å². The summed E-state index contributed by atoms with van der Waals surface area (Å²) < 4.78 is 4.86. The predicted molar refractivity (Wildman–Crippen MR) is 131 cm³/mol. The minimum atomic E-state index is -1.46. The zero-order chi connectivity index (χ0) is 28.8. The van der Waals surface area contributed by atoms with Crippen LogP contribution in [0.15, 0.2) is 67.0 Å². The van der Waals surface area contributed by atoms with Gasteiger partial charge in [-0.05, 0) is 35.9 Å². The van der Waals surface area contributed by atoms with Gasteiger partial charge in [-0.1, -0.05) is 6.07 Å². The number of pyridine rings is 1. The van der Waals surface area contributed by atoms with Gasteiger partial charge < -0.3 is 25.8 Å². The number of hydrogen-bond donors (Lipinski definition) is 4. The smallest absolute Gasteiger partial charge is 0.336 e. The van der Waals surface area contributed by atoms with Crippen molar-refractivity contribution >= 4 is 35.3 Å². The molecule has 0 unspecified atom stereocenters. The first-order valence-electron chi connectivity index (χ1n) is 10.0. The van der Waals surface area contributed by atoms with Gasteiger partial charge in [-0.2, -0.15) is 0 Å². The molecule has 0 aliphatic rings. The third kappa shape index (κ3) is 10.2. The molecule has 1 aromatic heterocycles. The number of hydrogen-bond acceptors (Lipinski definition) is 10. The van der Waals surface area contributed by atoms with E-state index in [-0.39, 0.29) is 5.75 Å². The molecule has 5 N–H and O–H groups in total. The third-order valence-electron chi connectivity index (χ3n) is 4.16. The van der Waals surface area contributed by atoms with Crippen LogP contribution in [0.3, 0.4) is 0 Å². The number of carboxylic acid groups (broad SMARTS) is 2. The second-order valence-electron chi connectivity index (χ2n) is 6.76. The highest BCUT2D eigenvalue weighted by atomic mass is 16.6. The number of carbonyl (C=O) groups is 3. The van der Waals surface area contributed by atoms with Crippen molar-refractivity contribution in [2.75, 3.05) is 7.11 Å². The van der Waals surface area contributed by atoms with Gasteiger partial charge in [0.1, 0.15) is 0 Å². The van der Waals surface area contributed by atoms with E-state index in [1.54, 1.807) is 24.3 Å². The molecule has 0 spiro atoms. The number of non-ortho nitro benzene ring substituents is 2. The summed E-state index contributed by atoms with van der Waals surface area (Å²) in [6, 6.07) is 9.95. The van der Waals surface area contributed by atoms with Gasteiger partial charge in [-0.3, -0.25) is 30.0 Å². The van der Waals surface area contributed by atoms with Gasteiger partial charge in [0.15, 0.2) is 11.5 Å². The number of ether oxygens (including phenoxy) is 1. The molecule has 1 heterocycles. The number of amides is 1. The van der Waals surface area contributed by atoms with Gasteiger partial charge >= 0.3 is 11.9 Å². The summed E-state index contributed by atoms with van der Waals surface area (Å²) in [5.41, 5.74) is 4.36. The van der Waals surface area contributed by atoms with Crippen molar-refractivity contribution in [2.24, 2.45) is 5.73 Å². The maximum atomic E-state index is 10.5. The van der Waals surface area contributed by atoms with Crippen molar-refractivity contribution in [3.8, 4) is 11.5 Å². The zero-order valence-electron chi connectivity index (χ0n) is 19.5. The molecule has 0 aliphatic heterocycles. The lowest BCUT2D eigenvalue weighted by atomic mass is 10.2. The van der Waals surface area contributed by atoms with Crippen LogP contribution >= 0.6 is 0 Å². The fraction of sp³-hybridized carbons (Fsp3) is 0.0435. The van der Waals surface area contributed by atoms with E-state index in [0.717, 1.165) is 18.2 Å². The average Bonchev–Trinajstić information content (AvgIpc) is 2.89. The Labute approximate surface area is 213 Å². The highest BCUT2D eigenvalue weighted by molar-refractivity contribution is 5.92. The molecule has 0 bridgehead atoms. The molecule has 0 fully saturated rings. The van der Waals surface area contributed by atoms with E-state index in [2.05, 4.69) is 4.98 Å². The summed E-state index contributed by atoms with van der Waals surface area (Å²) in [6.45, 7) is 0. The number of carboxylic acids is 2. The van der Waals surface area contributed by atoms with E-state index in [0.29, 0.717) is 22.9 Å². The molecule has 0 radical (unpaired) electrons. The lowest BCUT2D eigenvalue weighted by Gasteiger charge is -2.03. The number of phenolic OH excluding ortho intramolecular Hbond substituents is 1.